The van der Waals surface area contributed by atoms with Gasteiger partial charge in [-0.1, -0.05) is 41.9 Å². The Labute approximate surface area is 222 Å². The van der Waals surface area contributed by atoms with Crippen molar-refractivity contribution in [2.24, 2.45) is 0 Å². The summed E-state index contributed by atoms with van der Waals surface area (Å²) in [7, 11) is 3.01. The Morgan fingerprint density at radius 2 is 1.68 bits per heavy atom. The van der Waals surface area contributed by atoms with Crippen molar-refractivity contribution in [3.8, 4) is 0 Å². The van der Waals surface area contributed by atoms with Gasteiger partial charge in [-0.05, 0) is 25.0 Å². The molecule has 2 aromatic carbocycles. The quantitative estimate of drug-likeness (QED) is 0.531. The lowest BCUT2D eigenvalue weighted by atomic mass is 9.89. The Morgan fingerprint density at radius 3 is 2.21 bits per heavy atom. The van der Waals surface area contributed by atoms with Gasteiger partial charge in [0.25, 0.3) is 17.4 Å². The molecule has 7 nitrogen and oxygen atoms in total. The Morgan fingerprint density at radius 1 is 1.08 bits per heavy atom. The third kappa shape index (κ3) is 5.32. The number of nitrogens with zero attached hydrogens (tertiary/aromatic N) is 3. The molecule has 2 fully saturated rings. The van der Waals surface area contributed by atoms with Gasteiger partial charge in [-0.2, -0.15) is 13.2 Å². The van der Waals surface area contributed by atoms with Crippen molar-refractivity contribution in [3.63, 3.8) is 0 Å². The number of hydrogen-bond donors (Lipinski definition) is 2. The van der Waals surface area contributed by atoms with Gasteiger partial charge in [0, 0.05) is 57.6 Å². The standard InChI is InChI=1S/C26H29ClF4N4O3/c1-33(2)23(36)22-20(27)12-17(13-21(22)28)32-18-14-35(15-18)19-8-10-34(11-9-19)24(37)25(38,26(29,30)31)16-6-4-3-5-7-16/h3-7,12-13,18-19,32,38H,8-11,14-15H2,1-2H3. The Hall–Kier alpha value is -2.89. The highest BCUT2D eigenvalue weighted by Gasteiger charge is 2.62. The van der Waals surface area contributed by atoms with Crippen LogP contribution in [0.2, 0.25) is 5.02 Å². The number of nitrogens with one attached hydrogen (secondary N) is 1. The summed E-state index contributed by atoms with van der Waals surface area (Å²) in [5.74, 6) is -2.62. The van der Waals surface area contributed by atoms with Gasteiger partial charge in [-0.25, -0.2) is 4.39 Å². The molecule has 2 saturated heterocycles. The minimum atomic E-state index is -5.17. The highest BCUT2D eigenvalue weighted by atomic mass is 35.5. The maximum atomic E-state index is 14.5. The number of amides is 2. The van der Waals surface area contributed by atoms with Crippen molar-refractivity contribution in [2.45, 2.75) is 36.7 Å². The highest BCUT2D eigenvalue weighted by molar-refractivity contribution is 6.34. The Bertz CT molecular complexity index is 1160. The van der Waals surface area contributed by atoms with Crippen LogP contribution in [0.4, 0.5) is 23.2 Å². The van der Waals surface area contributed by atoms with Crippen molar-refractivity contribution in [1.82, 2.24) is 14.7 Å². The molecule has 2 amide bonds. The van der Waals surface area contributed by atoms with Gasteiger partial charge in [0.05, 0.1) is 16.6 Å². The van der Waals surface area contributed by atoms with Crippen LogP contribution < -0.4 is 5.32 Å². The number of alkyl halides is 3. The van der Waals surface area contributed by atoms with Gasteiger partial charge in [-0.15, -0.1) is 0 Å². The fraction of sp³-hybridized carbons (Fsp3) is 0.462. The predicted octanol–water partition coefficient (Wildman–Crippen LogP) is 3.72. The van der Waals surface area contributed by atoms with Crippen LogP contribution >= 0.6 is 11.6 Å². The summed E-state index contributed by atoms with van der Waals surface area (Å²) in [4.78, 5) is 29.5. The van der Waals surface area contributed by atoms with Gasteiger partial charge in [0.15, 0.2) is 0 Å². The second-order valence-corrected chi connectivity index (χ2v) is 10.3. The normalized spacial score (nSPS) is 19.0. The van der Waals surface area contributed by atoms with Crippen molar-refractivity contribution in [3.05, 3.63) is 64.4 Å². The summed E-state index contributed by atoms with van der Waals surface area (Å²) in [6, 6.07) is 9.18. The lowest BCUT2D eigenvalue weighted by Gasteiger charge is -2.48. The van der Waals surface area contributed by atoms with E-state index >= 15 is 0 Å². The molecule has 4 rings (SSSR count). The van der Waals surface area contributed by atoms with Crippen molar-refractivity contribution < 1.29 is 32.3 Å². The molecule has 2 aliphatic rings. The molecule has 2 N–H and O–H groups in total. The zero-order valence-corrected chi connectivity index (χ0v) is 21.7. The molecule has 1 unspecified atom stereocenters. The highest BCUT2D eigenvalue weighted by Crippen LogP contribution is 2.41. The van der Waals surface area contributed by atoms with Crippen molar-refractivity contribution in [1.29, 1.82) is 0 Å². The van der Waals surface area contributed by atoms with Crippen LogP contribution in [-0.4, -0.2) is 90.2 Å². The number of likely N-dealkylation sites (tertiary alicyclic amines) is 2. The maximum absolute atomic E-state index is 14.5. The predicted molar refractivity (Wildman–Crippen MR) is 134 cm³/mol. The summed E-state index contributed by atoms with van der Waals surface area (Å²) in [5.41, 5.74) is -3.86. The van der Waals surface area contributed by atoms with E-state index in [0.29, 0.717) is 31.6 Å². The number of piperidine rings is 1. The van der Waals surface area contributed by atoms with E-state index in [0.717, 1.165) is 17.0 Å². The summed E-state index contributed by atoms with van der Waals surface area (Å²) in [6.07, 6.45) is -4.25. The molecule has 0 bridgehead atoms. The molecule has 0 aromatic heterocycles. The number of halogens is 5. The summed E-state index contributed by atoms with van der Waals surface area (Å²) < 4.78 is 56.1. The fourth-order valence-electron chi connectivity index (χ4n) is 4.97. The number of anilines is 1. The van der Waals surface area contributed by atoms with Crippen LogP contribution in [0.15, 0.2) is 42.5 Å². The summed E-state index contributed by atoms with van der Waals surface area (Å²) in [6.45, 7) is 1.41. The molecule has 0 spiro atoms. The van der Waals surface area contributed by atoms with Crippen LogP contribution in [0.25, 0.3) is 0 Å². The molecule has 2 aliphatic heterocycles. The van der Waals surface area contributed by atoms with E-state index in [4.69, 9.17) is 11.6 Å². The maximum Gasteiger partial charge on any atom is 0.430 e. The molecule has 206 valence electrons. The second-order valence-electron chi connectivity index (χ2n) is 9.91. The molecule has 12 heteroatoms. The first kappa shape index (κ1) is 28.1. The van der Waals surface area contributed by atoms with Crippen LogP contribution in [0.3, 0.4) is 0 Å². The van der Waals surface area contributed by atoms with Gasteiger partial charge in [-0.3, -0.25) is 14.5 Å². The van der Waals surface area contributed by atoms with Crippen LogP contribution in [0, 0.1) is 5.82 Å². The second kappa shape index (κ2) is 10.7. The number of rotatable bonds is 6. The average Bonchev–Trinajstić information content (AvgIpc) is 2.84. The van der Waals surface area contributed by atoms with E-state index in [1.807, 2.05) is 0 Å². The average molecular weight is 557 g/mol. The minimum absolute atomic E-state index is 0.00562. The van der Waals surface area contributed by atoms with Gasteiger partial charge in [0.2, 0.25) is 0 Å². The monoisotopic (exact) mass is 556 g/mol. The smallest absolute Gasteiger partial charge is 0.380 e. The molecule has 38 heavy (non-hydrogen) atoms. The van der Waals surface area contributed by atoms with E-state index in [2.05, 4.69) is 10.2 Å². The Kier molecular flexibility index (Phi) is 7.92. The lowest BCUT2D eigenvalue weighted by Crippen LogP contribution is -2.62. The molecular weight excluding hydrogens is 528 g/mol. The third-order valence-electron chi connectivity index (χ3n) is 7.12. The first-order valence-electron chi connectivity index (χ1n) is 12.2. The first-order chi connectivity index (χ1) is 17.8. The van der Waals surface area contributed by atoms with E-state index in [1.165, 1.54) is 49.3 Å². The number of carbonyl (C=O) groups excluding carboxylic acids is 2. The zero-order chi connectivity index (χ0) is 27.8. The molecule has 0 aliphatic carbocycles. The van der Waals surface area contributed by atoms with Crippen LogP contribution in [0.5, 0.6) is 0 Å². The SMILES string of the molecule is CN(C)C(=O)c1c(F)cc(NC2CN(C3CCN(C(=O)C(O)(c4ccccc4)C(F)(F)F)CC3)C2)cc1Cl. The van der Waals surface area contributed by atoms with Gasteiger partial charge in [0.1, 0.15) is 5.82 Å². The van der Waals surface area contributed by atoms with E-state index < -0.39 is 35.0 Å². The van der Waals surface area contributed by atoms with Crippen LogP contribution in [0.1, 0.15) is 28.8 Å². The zero-order valence-electron chi connectivity index (χ0n) is 20.9. The number of carbonyl (C=O) groups is 2. The molecule has 0 saturated carbocycles. The van der Waals surface area contributed by atoms with E-state index in [-0.39, 0.29) is 35.8 Å². The topological polar surface area (TPSA) is 76.1 Å². The van der Waals surface area contributed by atoms with E-state index in [1.54, 1.807) is 0 Å². The molecule has 2 heterocycles. The molecule has 1 atom stereocenters. The Balaban J connectivity index is 1.32. The van der Waals surface area contributed by atoms with Crippen molar-refractivity contribution in [2.75, 3.05) is 45.6 Å². The van der Waals surface area contributed by atoms with Crippen molar-refractivity contribution >= 4 is 29.1 Å². The minimum Gasteiger partial charge on any atom is -0.380 e. The van der Waals surface area contributed by atoms with Crippen LogP contribution in [-0.2, 0) is 10.4 Å². The number of benzene rings is 2. The lowest BCUT2D eigenvalue weighted by molar-refractivity contribution is -0.262. The van der Waals surface area contributed by atoms with E-state index in [9.17, 15) is 32.3 Å². The fourth-order valence-corrected chi connectivity index (χ4v) is 5.26. The summed E-state index contributed by atoms with van der Waals surface area (Å²) >= 11 is 6.15. The summed E-state index contributed by atoms with van der Waals surface area (Å²) in [5, 5.41) is 13.8. The largest absolute Gasteiger partial charge is 0.430 e. The first-order valence-corrected chi connectivity index (χ1v) is 12.6. The number of hydrogen-bond acceptors (Lipinski definition) is 5. The van der Waals surface area contributed by atoms with Gasteiger partial charge < -0.3 is 20.2 Å². The molecule has 2 aromatic rings. The molecular formula is C26H29ClF4N4O3. The van der Waals surface area contributed by atoms with Gasteiger partial charge >= 0.3 is 6.18 Å². The molecule has 0 radical (unpaired) electrons. The third-order valence-corrected chi connectivity index (χ3v) is 7.42. The number of aliphatic hydroxyl groups is 1.